The Morgan fingerprint density at radius 1 is 1.19 bits per heavy atom. The highest BCUT2D eigenvalue weighted by molar-refractivity contribution is 9.11. The number of hydrogen-bond donors (Lipinski definition) is 3. The van der Waals surface area contributed by atoms with Crippen LogP contribution in [0, 0.1) is 17.0 Å². The summed E-state index contributed by atoms with van der Waals surface area (Å²) in [5.41, 5.74) is 6.10. The van der Waals surface area contributed by atoms with Crippen molar-refractivity contribution >= 4 is 72.8 Å². The quantitative estimate of drug-likeness (QED) is 0.210. The highest BCUT2D eigenvalue weighted by atomic mass is 79.9. The molecule has 0 spiro atoms. The zero-order chi connectivity index (χ0) is 23.0. The normalized spacial score (nSPS) is 10.4. The Balaban J connectivity index is 1.76. The summed E-state index contributed by atoms with van der Waals surface area (Å²) in [6.45, 7) is 1.57. The van der Waals surface area contributed by atoms with Crippen molar-refractivity contribution in [1.29, 1.82) is 0 Å². The van der Waals surface area contributed by atoms with Crippen LogP contribution in [-0.2, 0) is 9.59 Å². The molecule has 0 aliphatic rings. The minimum atomic E-state index is -0.546. The van der Waals surface area contributed by atoms with Crippen LogP contribution in [0.4, 0.5) is 5.69 Å². The molecule has 0 bridgehead atoms. The number of nitro benzene ring substituents is 1. The molecule has 0 unspecified atom stereocenters. The van der Waals surface area contributed by atoms with Crippen molar-refractivity contribution in [1.82, 2.24) is 16.2 Å². The van der Waals surface area contributed by atoms with Crippen LogP contribution in [0.5, 0.6) is 5.75 Å². The van der Waals surface area contributed by atoms with Crippen LogP contribution in [0.15, 0.2) is 51.4 Å². The third kappa shape index (κ3) is 8.07. The van der Waals surface area contributed by atoms with Gasteiger partial charge in [-0.05, 0) is 76.5 Å². The Morgan fingerprint density at radius 3 is 2.48 bits per heavy atom. The number of benzene rings is 2. The highest BCUT2D eigenvalue weighted by Crippen LogP contribution is 2.32. The van der Waals surface area contributed by atoms with Gasteiger partial charge in [0.25, 0.3) is 11.6 Å². The van der Waals surface area contributed by atoms with E-state index < -0.39 is 16.7 Å². The van der Waals surface area contributed by atoms with Gasteiger partial charge in [-0.3, -0.25) is 35.9 Å². The molecule has 0 aliphatic carbocycles. The maximum atomic E-state index is 11.9. The molecule has 0 radical (unpaired) electrons. The zero-order valence-corrected chi connectivity index (χ0v) is 20.0. The van der Waals surface area contributed by atoms with Crippen LogP contribution in [0.25, 0.3) is 6.08 Å². The number of nitrogens with one attached hydrogen (secondary N) is 3. The third-order valence-electron chi connectivity index (χ3n) is 3.62. The van der Waals surface area contributed by atoms with Gasteiger partial charge in [0.1, 0.15) is 5.75 Å². The van der Waals surface area contributed by atoms with Crippen LogP contribution in [0.2, 0.25) is 0 Å². The van der Waals surface area contributed by atoms with E-state index in [1.165, 1.54) is 36.4 Å². The average Bonchev–Trinajstić information content (AvgIpc) is 2.70. The number of halogens is 2. The van der Waals surface area contributed by atoms with Gasteiger partial charge in [-0.2, -0.15) is 0 Å². The minimum absolute atomic E-state index is 0.0469. The van der Waals surface area contributed by atoms with Gasteiger partial charge in [-0.1, -0.05) is 15.9 Å². The Morgan fingerprint density at radius 2 is 1.87 bits per heavy atom. The van der Waals surface area contributed by atoms with Crippen LogP contribution in [0.1, 0.15) is 11.1 Å². The number of non-ortho nitro benzene ring substituents is 1. The van der Waals surface area contributed by atoms with E-state index in [1.807, 2.05) is 13.0 Å². The summed E-state index contributed by atoms with van der Waals surface area (Å²) in [5, 5.41) is 12.9. The number of aryl methyl sites for hydroxylation is 1. The van der Waals surface area contributed by atoms with Gasteiger partial charge in [0.2, 0.25) is 5.91 Å². The first-order valence-corrected chi connectivity index (χ1v) is 10.6. The lowest BCUT2D eigenvalue weighted by atomic mass is 10.2. The van der Waals surface area contributed by atoms with Crippen molar-refractivity contribution in [3.05, 3.63) is 72.7 Å². The average molecular weight is 572 g/mol. The molecule has 9 nitrogen and oxygen atoms in total. The van der Waals surface area contributed by atoms with Crippen molar-refractivity contribution in [2.24, 2.45) is 0 Å². The number of hydrogen-bond acceptors (Lipinski definition) is 6. The number of ether oxygens (including phenoxy) is 1. The summed E-state index contributed by atoms with van der Waals surface area (Å²) in [4.78, 5) is 33.9. The maximum Gasteiger partial charge on any atom is 0.276 e. The topological polar surface area (TPSA) is 123 Å². The monoisotopic (exact) mass is 570 g/mol. The molecule has 2 aromatic rings. The van der Waals surface area contributed by atoms with Gasteiger partial charge in [-0.15, -0.1) is 0 Å². The molecule has 31 heavy (non-hydrogen) atoms. The molecule has 0 atom stereocenters. The number of amides is 2. The first-order chi connectivity index (χ1) is 14.7. The van der Waals surface area contributed by atoms with Crippen LogP contribution in [0.3, 0.4) is 0 Å². The van der Waals surface area contributed by atoms with Crippen molar-refractivity contribution in [2.45, 2.75) is 6.92 Å². The summed E-state index contributed by atoms with van der Waals surface area (Å²) in [5.74, 6) is -0.520. The third-order valence-corrected chi connectivity index (χ3v) is 4.88. The fourth-order valence-corrected chi connectivity index (χ4v) is 3.94. The van der Waals surface area contributed by atoms with Crippen LogP contribution >= 0.6 is 44.1 Å². The Labute approximate surface area is 199 Å². The van der Waals surface area contributed by atoms with Crippen molar-refractivity contribution in [3.63, 3.8) is 0 Å². The first-order valence-electron chi connectivity index (χ1n) is 8.56. The van der Waals surface area contributed by atoms with Gasteiger partial charge < -0.3 is 4.74 Å². The van der Waals surface area contributed by atoms with E-state index in [2.05, 4.69) is 48.0 Å². The van der Waals surface area contributed by atoms with E-state index in [-0.39, 0.29) is 17.4 Å². The van der Waals surface area contributed by atoms with Gasteiger partial charge in [0, 0.05) is 22.7 Å². The fourth-order valence-electron chi connectivity index (χ4n) is 2.24. The van der Waals surface area contributed by atoms with Crippen LogP contribution < -0.4 is 20.9 Å². The number of hydrazine groups is 1. The Kier molecular flexibility index (Phi) is 9.09. The number of carbonyl (C=O) groups excluding carboxylic acids is 2. The molecule has 2 amide bonds. The first kappa shape index (κ1) is 24.4. The molecule has 3 N–H and O–H groups in total. The second-order valence-corrected chi connectivity index (χ2v) is 8.17. The van der Waals surface area contributed by atoms with Crippen molar-refractivity contribution in [3.8, 4) is 5.75 Å². The van der Waals surface area contributed by atoms with E-state index in [9.17, 15) is 19.7 Å². The summed E-state index contributed by atoms with van der Waals surface area (Å²) in [6.07, 6.45) is 2.67. The zero-order valence-electron chi connectivity index (χ0n) is 16.0. The summed E-state index contributed by atoms with van der Waals surface area (Å²) < 4.78 is 7.08. The number of carbonyl (C=O) groups is 2. The molecule has 12 heteroatoms. The molecule has 0 saturated heterocycles. The standard InChI is InChI=1S/C19H16Br2N4O5S/c1-11-8-13(20)9-15(21)18(11)30-10-17(27)23-24-19(31)22-16(26)7-4-12-2-5-14(6-3-12)25(28)29/h2-9H,10H2,1H3,(H,23,27)(H2,22,24,26,31)/b7-4+. The van der Waals surface area contributed by atoms with Crippen molar-refractivity contribution in [2.75, 3.05) is 6.61 Å². The lowest BCUT2D eigenvalue weighted by Gasteiger charge is -2.13. The van der Waals surface area contributed by atoms with E-state index in [0.717, 1.165) is 10.0 Å². The molecule has 0 aliphatic heterocycles. The van der Waals surface area contributed by atoms with E-state index >= 15 is 0 Å². The van der Waals surface area contributed by atoms with E-state index in [4.69, 9.17) is 17.0 Å². The molecule has 0 aromatic heterocycles. The lowest BCUT2D eigenvalue weighted by Crippen LogP contribution is -2.49. The number of thiocarbonyl (C=S) groups is 1. The van der Waals surface area contributed by atoms with E-state index in [0.29, 0.717) is 15.8 Å². The van der Waals surface area contributed by atoms with E-state index in [1.54, 1.807) is 6.07 Å². The van der Waals surface area contributed by atoms with Gasteiger partial charge in [0.05, 0.1) is 9.40 Å². The molecule has 162 valence electrons. The summed E-state index contributed by atoms with van der Waals surface area (Å²) in [7, 11) is 0. The molecular formula is C19H16Br2N4O5S. The number of nitrogens with zero attached hydrogens (tertiary/aromatic N) is 1. The van der Waals surface area contributed by atoms with Gasteiger partial charge in [-0.25, -0.2) is 0 Å². The molecule has 2 rings (SSSR count). The molecule has 0 fully saturated rings. The predicted molar refractivity (Wildman–Crippen MR) is 126 cm³/mol. The minimum Gasteiger partial charge on any atom is -0.482 e. The smallest absolute Gasteiger partial charge is 0.276 e. The Hall–Kier alpha value is -2.83. The second kappa shape index (κ2) is 11.5. The van der Waals surface area contributed by atoms with Gasteiger partial charge in [0.15, 0.2) is 11.7 Å². The summed E-state index contributed by atoms with van der Waals surface area (Å²) >= 11 is 11.7. The van der Waals surface area contributed by atoms with Crippen LogP contribution in [-0.4, -0.2) is 28.5 Å². The maximum absolute atomic E-state index is 11.9. The predicted octanol–water partition coefficient (Wildman–Crippen LogP) is 3.54. The van der Waals surface area contributed by atoms with Crippen molar-refractivity contribution < 1.29 is 19.2 Å². The Bertz CT molecular complexity index is 1020. The number of nitro groups is 1. The second-order valence-electron chi connectivity index (χ2n) is 6.00. The largest absolute Gasteiger partial charge is 0.482 e. The van der Waals surface area contributed by atoms with Gasteiger partial charge >= 0.3 is 0 Å². The highest BCUT2D eigenvalue weighted by Gasteiger charge is 2.10. The molecule has 2 aromatic carbocycles. The molecule has 0 saturated carbocycles. The SMILES string of the molecule is Cc1cc(Br)cc(Br)c1OCC(=O)NNC(=S)NC(=O)/C=C/c1ccc([N+](=O)[O-])cc1. The number of rotatable bonds is 6. The molecular weight excluding hydrogens is 556 g/mol. The summed E-state index contributed by atoms with van der Waals surface area (Å²) in [6, 6.07) is 9.32. The lowest BCUT2D eigenvalue weighted by molar-refractivity contribution is -0.384. The molecule has 0 heterocycles. The fraction of sp³-hybridized carbons (Fsp3) is 0.105.